The Hall–Kier alpha value is -1.20. The number of rotatable bonds is 4. The average molecular weight is 236 g/mol. The van der Waals surface area contributed by atoms with Crippen LogP contribution in [-0.4, -0.2) is 21.8 Å². The normalized spacial score (nSPS) is 12.9. The summed E-state index contributed by atoms with van der Waals surface area (Å²) in [7, 11) is 3.90. The van der Waals surface area contributed by atoms with Crippen molar-refractivity contribution in [1.82, 2.24) is 20.1 Å². The third-order valence-corrected chi connectivity index (χ3v) is 3.38. The zero-order chi connectivity index (χ0) is 11.5. The van der Waals surface area contributed by atoms with Gasteiger partial charge in [0.25, 0.3) is 0 Å². The van der Waals surface area contributed by atoms with Crippen molar-refractivity contribution in [2.75, 3.05) is 7.05 Å². The van der Waals surface area contributed by atoms with Crippen molar-refractivity contribution >= 4 is 11.3 Å². The molecule has 0 aliphatic heterocycles. The van der Waals surface area contributed by atoms with Crippen LogP contribution in [-0.2, 0) is 13.5 Å². The summed E-state index contributed by atoms with van der Waals surface area (Å²) in [6.07, 6.45) is 4.85. The molecule has 5 heteroatoms. The fourth-order valence-corrected chi connectivity index (χ4v) is 2.34. The number of nitrogens with zero attached hydrogens (tertiary/aromatic N) is 3. The molecule has 0 fully saturated rings. The smallest absolute Gasteiger partial charge is 0.0897 e. The van der Waals surface area contributed by atoms with Crippen molar-refractivity contribution in [1.29, 1.82) is 0 Å². The zero-order valence-electron chi connectivity index (χ0n) is 9.77. The Kier molecular flexibility index (Phi) is 3.36. The summed E-state index contributed by atoms with van der Waals surface area (Å²) in [6.45, 7) is 2.03. The van der Waals surface area contributed by atoms with E-state index in [2.05, 4.69) is 20.8 Å². The number of likely N-dealkylation sites (N-methyl/N-ethyl adjacent to an activating group) is 1. The van der Waals surface area contributed by atoms with Gasteiger partial charge in [0.1, 0.15) is 0 Å². The van der Waals surface area contributed by atoms with E-state index >= 15 is 0 Å². The highest BCUT2D eigenvalue weighted by atomic mass is 32.1. The first-order valence-electron chi connectivity index (χ1n) is 5.26. The second-order valence-corrected chi connectivity index (χ2v) is 4.91. The largest absolute Gasteiger partial charge is 0.313 e. The molecule has 4 nitrogen and oxygen atoms in total. The van der Waals surface area contributed by atoms with Gasteiger partial charge in [0, 0.05) is 36.7 Å². The molecule has 2 aromatic heterocycles. The SMILES string of the molecule is CNC(Cc1csc(C)n1)c1cnn(C)c1. The van der Waals surface area contributed by atoms with Crippen LogP contribution in [0.2, 0.25) is 0 Å². The van der Waals surface area contributed by atoms with Gasteiger partial charge in [0.2, 0.25) is 0 Å². The van der Waals surface area contributed by atoms with E-state index in [1.54, 1.807) is 11.3 Å². The lowest BCUT2D eigenvalue weighted by Crippen LogP contribution is -2.18. The van der Waals surface area contributed by atoms with Crippen LogP contribution in [0.5, 0.6) is 0 Å². The van der Waals surface area contributed by atoms with Crippen molar-refractivity contribution in [3.8, 4) is 0 Å². The van der Waals surface area contributed by atoms with Gasteiger partial charge in [-0.05, 0) is 14.0 Å². The standard InChI is InChI=1S/C11H16N4S/c1-8-14-10(7-16-8)4-11(12-2)9-5-13-15(3)6-9/h5-7,11-12H,4H2,1-3H3. The van der Waals surface area contributed by atoms with Gasteiger partial charge in [-0.2, -0.15) is 5.10 Å². The quantitative estimate of drug-likeness (QED) is 0.878. The van der Waals surface area contributed by atoms with Crippen molar-refractivity contribution in [3.63, 3.8) is 0 Å². The maximum atomic E-state index is 4.48. The molecule has 0 saturated carbocycles. The van der Waals surface area contributed by atoms with E-state index in [9.17, 15) is 0 Å². The summed E-state index contributed by atoms with van der Waals surface area (Å²) < 4.78 is 1.83. The zero-order valence-corrected chi connectivity index (χ0v) is 10.6. The highest BCUT2D eigenvalue weighted by Crippen LogP contribution is 2.18. The number of aryl methyl sites for hydroxylation is 2. The summed E-state index contributed by atoms with van der Waals surface area (Å²) in [6, 6.07) is 0.287. The van der Waals surface area contributed by atoms with E-state index in [-0.39, 0.29) is 6.04 Å². The Balaban J connectivity index is 2.12. The molecule has 2 rings (SSSR count). The van der Waals surface area contributed by atoms with Gasteiger partial charge in [-0.1, -0.05) is 0 Å². The van der Waals surface area contributed by atoms with Crippen molar-refractivity contribution in [2.24, 2.45) is 7.05 Å². The van der Waals surface area contributed by atoms with Crippen LogP contribution in [0.3, 0.4) is 0 Å². The van der Waals surface area contributed by atoms with E-state index < -0.39 is 0 Å². The molecule has 0 aliphatic rings. The number of nitrogens with one attached hydrogen (secondary N) is 1. The van der Waals surface area contributed by atoms with Gasteiger partial charge < -0.3 is 5.32 Å². The molecule has 1 unspecified atom stereocenters. The minimum absolute atomic E-state index is 0.287. The fourth-order valence-electron chi connectivity index (χ4n) is 1.72. The van der Waals surface area contributed by atoms with Gasteiger partial charge in [0.05, 0.1) is 16.9 Å². The third kappa shape index (κ3) is 2.48. The summed E-state index contributed by atoms with van der Waals surface area (Å²) in [5.74, 6) is 0. The Bertz CT molecular complexity index is 460. The van der Waals surface area contributed by atoms with Crippen LogP contribution in [0.15, 0.2) is 17.8 Å². The van der Waals surface area contributed by atoms with Crippen molar-refractivity contribution < 1.29 is 0 Å². The van der Waals surface area contributed by atoms with Crippen molar-refractivity contribution in [2.45, 2.75) is 19.4 Å². The maximum absolute atomic E-state index is 4.48. The minimum atomic E-state index is 0.287. The van der Waals surface area contributed by atoms with E-state index in [1.807, 2.05) is 38.1 Å². The molecule has 86 valence electrons. The number of aromatic nitrogens is 3. The molecule has 0 aliphatic carbocycles. The van der Waals surface area contributed by atoms with Crippen LogP contribution in [0.1, 0.15) is 22.3 Å². The second-order valence-electron chi connectivity index (χ2n) is 3.85. The van der Waals surface area contributed by atoms with Crippen LogP contribution >= 0.6 is 11.3 Å². The topological polar surface area (TPSA) is 42.7 Å². The van der Waals surface area contributed by atoms with E-state index in [1.165, 1.54) is 5.56 Å². The third-order valence-electron chi connectivity index (χ3n) is 2.56. The molecule has 16 heavy (non-hydrogen) atoms. The summed E-state index contributed by atoms with van der Waals surface area (Å²) in [5, 5.41) is 10.7. The first-order chi connectivity index (χ1) is 7.69. The average Bonchev–Trinajstić information content (AvgIpc) is 2.84. The Morgan fingerprint density at radius 2 is 2.38 bits per heavy atom. The molecule has 0 saturated heterocycles. The number of hydrogen-bond acceptors (Lipinski definition) is 4. The summed E-state index contributed by atoms with van der Waals surface area (Å²) in [5.41, 5.74) is 2.35. The first kappa shape index (κ1) is 11.3. The van der Waals surface area contributed by atoms with Gasteiger partial charge in [-0.25, -0.2) is 4.98 Å². The minimum Gasteiger partial charge on any atom is -0.313 e. The summed E-state index contributed by atoms with van der Waals surface area (Å²) >= 11 is 1.70. The Labute approximate surface area is 99.3 Å². The second kappa shape index (κ2) is 4.76. The van der Waals surface area contributed by atoms with Crippen LogP contribution < -0.4 is 5.32 Å². The summed E-state index contributed by atoms with van der Waals surface area (Å²) in [4.78, 5) is 4.48. The van der Waals surface area contributed by atoms with Gasteiger partial charge in [0.15, 0.2) is 0 Å². The molecule has 2 aromatic rings. The van der Waals surface area contributed by atoms with Gasteiger partial charge >= 0.3 is 0 Å². The van der Waals surface area contributed by atoms with Gasteiger partial charge in [-0.3, -0.25) is 4.68 Å². The molecule has 0 spiro atoms. The van der Waals surface area contributed by atoms with Crippen LogP contribution in [0.4, 0.5) is 0 Å². The highest BCUT2D eigenvalue weighted by molar-refractivity contribution is 7.09. The molecule has 0 amide bonds. The molecular formula is C11H16N4S. The van der Waals surface area contributed by atoms with E-state index in [0.717, 1.165) is 17.1 Å². The molecule has 0 aromatic carbocycles. The number of thiazole rings is 1. The molecule has 0 radical (unpaired) electrons. The van der Waals surface area contributed by atoms with E-state index in [4.69, 9.17) is 0 Å². The predicted octanol–water partition coefficient (Wildman–Crippen LogP) is 1.69. The Morgan fingerprint density at radius 3 is 2.88 bits per heavy atom. The molecule has 1 atom stereocenters. The molecule has 2 heterocycles. The van der Waals surface area contributed by atoms with Crippen LogP contribution in [0.25, 0.3) is 0 Å². The lowest BCUT2D eigenvalue weighted by molar-refractivity contribution is 0.585. The molecule has 0 bridgehead atoms. The first-order valence-corrected chi connectivity index (χ1v) is 6.14. The highest BCUT2D eigenvalue weighted by Gasteiger charge is 2.13. The van der Waals surface area contributed by atoms with Crippen molar-refractivity contribution in [3.05, 3.63) is 34.0 Å². The maximum Gasteiger partial charge on any atom is 0.0897 e. The van der Waals surface area contributed by atoms with E-state index in [0.29, 0.717) is 0 Å². The lowest BCUT2D eigenvalue weighted by atomic mass is 10.1. The lowest BCUT2D eigenvalue weighted by Gasteiger charge is -2.12. The van der Waals surface area contributed by atoms with Crippen LogP contribution in [0, 0.1) is 6.92 Å². The molecule has 1 N–H and O–H groups in total. The predicted molar refractivity (Wildman–Crippen MR) is 65.6 cm³/mol. The molecular weight excluding hydrogens is 220 g/mol. The van der Waals surface area contributed by atoms with Gasteiger partial charge in [-0.15, -0.1) is 11.3 Å². The monoisotopic (exact) mass is 236 g/mol. The number of hydrogen-bond donors (Lipinski definition) is 1. The fraction of sp³-hybridized carbons (Fsp3) is 0.455. The Morgan fingerprint density at radius 1 is 1.56 bits per heavy atom.